The number of nitrogens with zero attached hydrogens (tertiary/aromatic N) is 2. The van der Waals surface area contributed by atoms with E-state index in [2.05, 4.69) is 29.3 Å². The molecule has 5 heteroatoms. The molecule has 1 saturated heterocycles. The minimum atomic E-state index is -0.637. The molecule has 1 aromatic carbocycles. The van der Waals surface area contributed by atoms with Crippen molar-refractivity contribution in [1.29, 1.82) is 0 Å². The Morgan fingerprint density at radius 1 is 1.31 bits per heavy atom. The summed E-state index contributed by atoms with van der Waals surface area (Å²) in [5.74, 6) is 0.491. The lowest BCUT2D eigenvalue weighted by atomic mass is 9.86. The second-order valence-corrected chi connectivity index (χ2v) is 7.97. The van der Waals surface area contributed by atoms with Gasteiger partial charge in [0.1, 0.15) is 5.69 Å². The molecule has 1 aliphatic heterocycles. The van der Waals surface area contributed by atoms with Gasteiger partial charge in [-0.3, -0.25) is 9.89 Å². The number of piperidine rings is 1. The maximum absolute atomic E-state index is 12.8. The third-order valence-corrected chi connectivity index (χ3v) is 5.13. The lowest BCUT2D eigenvalue weighted by molar-refractivity contribution is 0.0357. The molecule has 26 heavy (non-hydrogen) atoms. The molecule has 1 aromatic heterocycles. The minimum Gasteiger partial charge on any atom is -0.390 e. The number of aliphatic hydroxyl groups is 1. The molecular formula is C21H29N3O2. The predicted octanol–water partition coefficient (Wildman–Crippen LogP) is 3.65. The van der Waals surface area contributed by atoms with Crippen LogP contribution in [-0.4, -0.2) is 44.8 Å². The number of nitrogens with one attached hydrogen (secondary N) is 1. The van der Waals surface area contributed by atoms with Crippen LogP contribution in [0.4, 0.5) is 0 Å². The molecule has 140 valence electrons. The number of carbonyl (C=O) groups excluding carboxylic acids is 1. The van der Waals surface area contributed by atoms with E-state index >= 15 is 0 Å². The number of benzene rings is 1. The van der Waals surface area contributed by atoms with Gasteiger partial charge in [-0.05, 0) is 63.1 Å². The summed E-state index contributed by atoms with van der Waals surface area (Å²) in [6.45, 7) is 7.30. The number of aryl methyl sites for hydroxylation is 1. The first-order valence-electron chi connectivity index (χ1n) is 9.52. The fourth-order valence-corrected chi connectivity index (χ4v) is 3.75. The average molecular weight is 355 g/mol. The van der Waals surface area contributed by atoms with E-state index in [1.54, 1.807) is 0 Å². The van der Waals surface area contributed by atoms with Gasteiger partial charge in [-0.25, -0.2) is 0 Å². The summed E-state index contributed by atoms with van der Waals surface area (Å²) in [5, 5.41) is 17.2. The van der Waals surface area contributed by atoms with Crippen molar-refractivity contribution in [3.05, 3.63) is 41.6 Å². The molecule has 5 nitrogen and oxygen atoms in total. The first kappa shape index (κ1) is 18.6. The third kappa shape index (κ3) is 4.52. The van der Waals surface area contributed by atoms with Crippen molar-refractivity contribution in [2.45, 2.75) is 52.1 Å². The summed E-state index contributed by atoms with van der Waals surface area (Å²) in [6.07, 6.45) is 3.64. The summed E-state index contributed by atoms with van der Waals surface area (Å²) < 4.78 is 0. The van der Waals surface area contributed by atoms with Gasteiger partial charge in [0.2, 0.25) is 0 Å². The molecule has 2 aromatic rings. The maximum Gasteiger partial charge on any atom is 0.271 e. The average Bonchev–Trinajstić information content (AvgIpc) is 3.10. The zero-order valence-corrected chi connectivity index (χ0v) is 16.0. The van der Waals surface area contributed by atoms with Crippen LogP contribution in [0.2, 0.25) is 0 Å². The molecule has 0 saturated carbocycles. The SMILES string of the molecule is CCc1cccc(-c2cc(C(=O)N3CCC(CC(C)(C)O)CC3)[nH]n2)c1. The number of H-pyrrole nitrogens is 1. The Balaban J connectivity index is 1.64. The molecule has 1 amide bonds. The topological polar surface area (TPSA) is 69.2 Å². The van der Waals surface area contributed by atoms with E-state index in [9.17, 15) is 9.90 Å². The smallest absolute Gasteiger partial charge is 0.271 e. The molecule has 0 bridgehead atoms. The van der Waals surface area contributed by atoms with Gasteiger partial charge in [-0.2, -0.15) is 5.10 Å². The highest BCUT2D eigenvalue weighted by atomic mass is 16.3. The zero-order chi connectivity index (χ0) is 18.7. The van der Waals surface area contributed by atoms with Crippen molar-refractivity contribution < 1.29 is 9.90 Å². The monoisotopic (exact) mass is 355 g/mol. The molecule has 1 fully saturated rings. The van der Waals surface area contributed by atoms with Gasteiger partial charge in [-0.1, -0.05) is 25.1 Å². The van der Waals surface area contributed by atoms with E-state index in [1.165, 1.54) is 5.56 Å². The van der Waals surface area contributed by atoms with E-state index in [0.29, 0.717) is 11.6 Å². The number of carbonyl (C=O) groups is 1. The molecule has 2 heterocycles. The van der Waals surface area contributed by atoms with Crippen LogP contribution in [0.25, 0.3) is 11.3 Å². The molecule has 0 unspecified atom stereocenters. The van der Waals surface area contributed by atoms with Crippen molar-refractivity contribution in [1.82, 2.24) is 15.1 Å². The summed E-state index contributed by atoms with van der Waals surface area (Å²) in [6, 6.07) is 10.1. The number of aromatic nitrogens is 2. The Bertz CT molecular complexity index is 753. The number of aromatic amines is 1. The van der Waals surface area contributed by atoms with Crippen LogP contribution >= 0.6 is 0 Å². The number of amides is 1. The number of hydrogen-bond acceptors (Lipinski definition) is 3. The Morgan fingerprint density at radius 2 is 2.04 bits per heavy atom. The summed E-state index contributed by atoms with van der Waals surface area (Å²) in [7, 11) is 0. The van der Waals surface area contributed by atoms with Crippen LogP contribution < -0.4 is 0 Å². The summed E-state index contributed by atoms with van der Waals surface area (Å²) in [5.41, 5.74) is 3.00. The Morgan fingerprint density at radius 3 is 2.69 bits per heavy atom. The molecule has 0 radical (unpaired) electrons. The maximum atomic E-state index is 12.8. The van der Waals surface area contributed by atoms with Crippen LogP contribution in [-0.2, 0) is 6.42 Å². The van der Waals surface area contributed by atoms with Crippen LogP contribution in [0.1, 0.15) is 56.1 Å². The van der Waals surface area contributed by atoms with Crippen molar-refractivity contribution >= 4 is 5.91 Å². The van der Waals surface area contributed by atoms with E-state index in [1.807, 2.05) is 36.9 Å². The quantitative estimate of drug-likeness (QED) is 0.860. The van der Waals surface area contributed by atoms with Gasteiger partial charge in [0.15, 0.2) is 0 Å². The first-order chi connectivity index (χ1) is 12.4. The van der Waals surface area contributed by atoms with E-state index < -0.39 is 5.60 Å². The summed E-state index contributed by atoms with van der Waals surface area (Å²) >= 11 is 0. The summed E-state index contributed by atoms with van der Waals surface area (Å²) in [4.78, 5) is 14.7. The minimum absolute atomic E-state index is 0.0112. The van der Waals surface area contributed by atoms with Crippen molar-refractivity contribution in [2.24, 2.45) is 5.92 Å². The van der Waals surface area contributed by atoms with Crippen LogP contribution in [0, 0.1) is 5.92 Å². The second-order valence-electron chi connectivity index (χ2n) is 7.97. The van der Waals surface area contributed by atoms with Crippen LogP contribution in [0.3, 0.4) is 0 Å². The highest BCUT2D eigenvalue weighted by Crippen LogP contribution is 2.27. The molecule has 2 N–H and O–H groups in total. The normalized spacial score (nSPS) is 16.1. The third-order valence-electron chi connectivity index (χ3n) is 5.13. The van der Waals surface area contributed by atoms with E-state index in [0.717, 1.165) is 50.0 Å². The highest BCUT2D eigenvalue weighted by Gasteiger charge is 2.28. The van der Waals surface area contributed by atoms with Crippen LogP contribution in [0.5, 0.6) is 0 Å². The standard InChI is InChI=1S/C21H29N3O2/c1-4-15-6-5-7-17(12-15)18-13-19(23-22-18)20(25)24-10-8-16(9-11-24)14-21(2,3)26/h5-7,12-13,16,26H,4,8-11,14H2,1-3H3,(H,22,23). The first-order valence-corrected chi connectivity index (χ1v) is 9.52. The number of likely N-dealkylation sites (tertiary alicyclic amines) is 1. The largest absolute Gasteiger partial charge is 0.390 e. The van der Waals surface area contributed by atoms with Gasteiger partial charge in [-0.15, -0.1) is 0 Å². The molecule has 0 aliphatic carbocycles. The molecular weight excluding hydrogens is 326 g/mol. The van der Waals surface area contributed by atoms with Crippen LogP contribution in [0.15, 0.2) is 30.3 Å². The molecule has 0 atom stereocenters. The Labute approximate surface area is 155 Å². The predicted molar refractivity (Wildman–Crippen MR) is 103 cm³/mol. The van der Waals surface area contributed by atoms with Gasteiger partial charge in [0.25, 0.3) is 5.91 Å². The molecule has 0 spiro atoms. The van der Waals surface area contributed by atoms with Gasteiger partial charge in [0.05, 0.1) is 11.3 Å². The van der Waals surface area contributed by atoms with E-state index in [-0.39, 0.29) is 5.91 Å². The fraction of sp³-hybridized carbons (Fsp3) is 0.524. The van der Waals surface area contributed by atoms with Gasteiger partial charge >= 0.3 is 0 Å². The Hall–Kier alpha value is -2.14. The fourth-order valence-electron chi connectivity index (χ4n) is 3.75. The second kappa shape index (κ2) is 7.62. The Kier molecular flexibility index (Phi) is 5.47. The number of rotatable bonds is 5. The van der Waals surface area contributed by atoms with Gasteiger partial charge < -0.3 is 10.0 Å². The zero-order valence-electron chi connectivity index (χ0n) is 16.0. The molecule has 1 aliphatic rings. The lowest BCUT2D eigenvalue weighted by Crippen LogP contribution is -2.40. The lowest BCUT2D eigenvalue weighted by Gasteiger charge is -2.34. The van der Waals surface area contributed by atoms with Crippen molar-refractivity contribution in [3.8, 4) is 11.3 Å². The van der Waals surface area contributed by atoms with Crippen molar-refractivity contribution in [2.75, 3.05) is 13.1 Å². The molecule has 3 rings (SSSR count). The van der Waals surface area contributed by atoms with E-state index in [4.69, 9.17) is 0 Å². The van der Waals surface area contributed by atoms with Crippen molar-refractivity contribution in [3.63, 3.8) is 0 Å². The highest BCUT2D eigenvalue weighted by molar-refractivity contribution is 5.93. The van der Waals surface area contributed by atoms with Gasteiger partial charge in [0, 0.05) is 18.7 Å². The number of hydrogen-bond donors (Lipinski definition) is 2.